The Balaban J connectivity index is 1.39. The SMILES string of the molecule is Cc1nn(CC(=O)Nc2ccn(Cc3ccccc3Cl)n2)c2nc(-c3ccccc3)cc(C(F)F)c12. The summed E-state index contributed by atoms with van der Waals surface area (Å²) in [6, 6.07) is 19.5. The Bertz CT molecular complexity index is 1550. The number of hydrogen-bond donors (Lipinski definition) is 1. The highest BCUT2D eigenvalue weighted by Crippen LogP contribution is 2.33. The largest absolute Gasteiger partial charge is 0.308 e. The van der Waals surface area contributed by atoms with Crippen LogP contribution in [0.3, 0.4) is 0 Å². The number of carbonyl (C=O) groups excluding carboxylic acids is 1. The van der Waals surface area contributed by atoms with Crippen molar-refractivity contribution in [3.8, 4) is 11.3 Å². The number of carbonyl (C=O) groups is 1. The van der Waals surface area contributed by atoms with Crippen molar-refractivity contribution >= 4 is 34.4 Å². The Labute approximate surface area is 210 Å². The second-order valence-electron chi connectivity index (χ2n) is 8.24. The monoisotopic (exact) mass is 506 g/mol. The van der Waals surface area contributed by atoms with E-state index < -0.39 is 12.3 Å². The summed E-state index contributed by atoms with van der Waals surface area (Å²) in [5, 5.41) is 12.3. The Morgan fingerprint density at radius 2 is 1.81 bits per heavy atom. The van der Waals surface area contributed by atoms with Crippen LogP contribution in [0.15, 0.2) is 72.9 Å². The maximum absolute atomic E-state index is 14.0. The van der Waals surface area contributed by atoms with E-state index in [1.807, 2.05) is 36.4 Å². The average molecular weight is 507 g/mol. The van der Waals surface area contributed by atoms with E-state index in [-0.39, 0.29) is 23.1 Å². The van der Waals surface area contributed by atoms with E-state index in [0.717, 1.165) is 5.56 Å². The van der Waals surface area contributed by atoms with Gasteiger partial charge in [0.2, 0.25) is 5.91 Å². The van der Waals surface area contributed by atoms with Crippen LogP contribution in [0.1, 0.15) is 23.2 Å². The van der Waals surface area contributed by atoms with Crippen LogP contribution in [0.25, 0.3) is 22.3 Å². The molecule has 1 N–H and O–H groups in total. The van der Waals surface area contributed by atoms with E-state index in [1.165, 1.54) is 10.7 Å². The molecule has 0 saturated heterocycles. The summed E-state index contributed by atoms with van der Waals surface area (Å²) in [4.78, 5) is 17.4. The van der Waals surface area contributed by atoms with Gasteiger partial charge in [0, 0.05) is 28.4 Å². The Morgan fingerprint density at radius 1 is 1.06 bits per heavy atom. The number of alkyl halides is 2. The summed E-state index contributed by atoms with van der Waals surface area (Å²) in [6.07, 6.45) is -0.986. The number of anilines is 1. The van der Waals surface area contributed by atoms with Crippen molar-refractivity contribution in [2.75, 3.05) is 5.32 Å². The molecule has 0 atom stereocenters. The zero-order valence-corrected chi connectivity index (χ0v) is 20.0. The fraction of sp³-hybridized carbons (Fsp3) is 0.154. The molecule has 3 aromatic heterocycles. The molecule has 1 amide bonds. The second-order valence-corrected chi connectivity index (χ2v) is 8.65. The van der Waals surface area contributed by atoms with Crippen LogP contribution in [0.2, 0.25) is 5.02 Å². The lowest BCUT2D eigenvalue weighted by Crippen LogP contribution is -2.20. The topological polar surface area (TPSA) is 77.6 Å². The summed E-state index contributed by atoms with van der Waals surface area (Å²) in [7, 11) is 0. The van der Waals surface area contributed by atoms with Gasteiger partial charge in [0.05, 0.1) is 23.3 Å². The van der Waals surface area contributed by atoms with E-state index in [4.69, 9.17) is 11.6 Å². The molecule has 0 bridgehead atoms. The number of hydrogen-bond acceptors (Lipinski definition) is 4. The van der Waals surface area contributed by atoms with Crippen molar-refractivity contribution in [3.63, 3.8) is 0 Å². The van der Waals surface area contributed by atoms with Crippen LogP contribution in [0.5, 0.6) is 0 Å². The quantitative estimate of drug-likeness (QED) is 0.299. The van der Waals surface area contributed by atoms with Crippen molar-refractivity contribution < 1.29 is 13.6 Å². The smallest absolute Gasteiger partial charge is 0.264 e. The van der Waals surface area contributed by atoms with Gasteiger partial charge in [-0.3, -0.25) is 9.48 Å². The molecule has 182 valence electrons. The van der Waals surface area contributed by atoms with E-state index >= 15 is 0 Å². The van der Waals surface area contributed by atoms with E-state index in [0.29, 0.717) is 34.3 Å². The fourth-order valence-corrected chi connectivity index (χ4v) is 4.26. The lowest BCUT2D eigenvalue weighted by atomic mass is 10.1. The number of benzene rings is 2. The van der Waals surface area contributed by atoms with Gasteiger partial charge in [0.1, 0.15) is 6.54 Å². The Morgan fingerprint density at radius 3 is 2.56 bits per heavy atom. The van der Waals surface area contributed by atoms with Gasteiger partial charge in [0.15, 0.2) is 11.5 Å². The number of aromatic nitrogens is 5. The third-order valence-corrected chi connectivity index (χ3v) is 6.07. The minimum Gasteiger partial charge on any atom is -0.308 e. The van der Waals surface area contributed by atoms with Crippen molar-refractivity contribution in [1.29, 1.82) is 0 Å². The highest BCUT2D eigenvalue weighted by molar-refractivity contribution is 6.31. The van der Waals surface area contributed by atoms with Crippen LogP contribution in [-0.4, -0.2) is 30.5 Å². The molecule has 7 nitrogen and oxygen atoms in total. The molecule has 3 heterocycles. The molecule has 0 fully saturated rings. The van der Waals surface area contributed by atoms with Gasteiger partial charge in [0.25, 0.3) is 6.43 Å². The lowest BCUT2D eigenvalue weighted by molar-refractivity contribution is -0.116. The summed E-state index contributed by atoms with van der Waals surface area (Å²) >= 11 is 6.21. The van der Waals surface area contributed by atoms with Gasteiger partial charge in [-0.1, -0.05) is 60.1 Å². The molecule has 0 aliphatic carbocycles. The van der Waals surface area contributed by atoms with Crippen molar-refractivity contribution in [2.45, 2.75) is 26.4 Å². The number of nitrogens with one attached hydrogen (secondary N) is 1. The molecular formula is C26H21ClF2N6O. The number of halogens is 3. The van der Waals surface area contributed by atoms with E-state index in [2.05, 4.69) is 20.5 Å². The predicted octanol–water partition coefficient (Wildman–Crippen LogP) is 5.88. The van der Waals surface area contributed by atoms with Crippen molar-refractivity contribution in [1.82, 2.24) is 24.5 Å². The van der Waals surface area contributed by atoms with Gasteiger partial charge in [-0.25, -0.2) is 18.4 Å². The molecule has 10 heteroatoms. The van der Waals surface area contributed by atoms with Crippen LogP contribution in [-0.2, 0) is 17.9 Å². The van der Waals surface area contributed by atoms with E-state index in [1.54, 1.807) is 42.1 Å². The first-order valence-electron chi connectivity index (χ1n) is 11.2. The number of nitrogens with zero attached hydrogens (tertiary/aromatic N) is 5. The summed E-state index contributed by atoms with van der Waals surface area (Å²) in [5.74, 6) is -0.0562. The van der Waals surface area contributed by atoms with E-state index in [9.17, 15) is 13.6 Å². The number of aryl methyl sites for hydroxylation is 1. The minimum absolute atomic E-state index is 0.165. The summed E-state index contributed by atoms with van der Waals surface area (Å²) in [6.45, 7) is 1.86. The number of amides is 1. The van der Waals surface area contributed by atoms with Crippen LogP contribution in [0.4, 0.5) is 14.6 Å². The normalized spacial score (nSPS) is 11.4. The van der Waals surface area contributed by atoms with Crippen LogP contribution < -0.4 is 5.32 Å². The number of pyridine rings is 1. The van der Waals surface area contributed by atoms with Gasteiger partial charge >= 0.3 is 0 Å². The fourth-order valence-electron chi connectivity index (χ4n) is 4.06. The molecule has 2 aromatic carbocycles. The van der Waals surface area contributed by atoms with Gasteiger partial charge in [-0.05, 0) is 24.6 Å². The molecule has 0 spiro atoms. The van der Waals surface area contributed by atoms with Gasteiger partial charge in [-0.15, -0.1) is 0 Å². The molecule has 36 heavy (non-hydrogen) atoms. The molecule has 0 aliphatic heterocycles. The lowest BCUT2D eigenvalue weighted by Gasteiger charge is -2.09. The average Bonchev–Trinajstić information content (AvgIpc) is 3.43. The van der Waals surface area contributed by atoms with Crippen LogP contribution in [0, 0.1) is 6.92 Å². The predicted molar refractivity (Wildman–Crippen MR) is 134 cm³/mol. The first-order chi connectivity index (χ1) is 17.4. The second kappa shape index (κ2) is 9.87. The maximum atomic E-state index is 14.0. The Hall–Kier alpha value is -4.11. The van der Waals surface area contributed by atoms with Gasteiger partial charge < -0.3 is 5.32 Å². The molecule has 0 unspecified atom stereocenters. The minimum atomic E-state index is -2.72. The standard InChI is InChI=1S/C26H21ClF2N6O/c1-16-24-19(25(28)29)13-21(17-7-3-2-4-8-17)30-26(24)35(32-16)15-23(36)31-22-11-12-34(33-22)14-18-9-5-6-10-20(18)27/h2-13,25H,14-15H2,1H3,(H,31,33,36). The first kappa shape index (κ1) is 23.6. The van der Waals surface area contributed by atoms with Crippen LogP contribution >= 0.6 is 11.6 Å². The third kappa shape index (κ3) is 4.83. The maximum Gasteiger partial charge on any atom is 0.264 e. The zero-order chi connectivity index (χ0) is 25.2. The molecule has 0 radical (unpaired) electrons. The third-order valence-electron chi connectivity index (χ3n) is 5.70. The van der Waals surface area contributed by atoms with Crippen molar-refractivity contribution in [3.05, 3.63) is 94.8 Å². The summed E-state index contributed by atoms with van der Waals surface area (Å²) in [5.41, 5.74) is 2.42. The van der Waals surface area contributed by atoms with Gasteiger partial charge in [-0.2, -0.15) is 10.2 Å². The molecule has 0 saturated carbocycles. The highest BCUT2D eigenvalue weighted by atomic mass is 35.5. The highest BCUT2D eigenvalue weighted by Gasteiger charge is 2.22. The summed E-state index contributed by atoms with van der Waals surface area (Å²) < 4.78 is 30.9. The molecule has 0 aliphatic rings. The number of fused-ring (bicyclic) bond motifs is 1. The molecule has 5 aromatic rings. The number of rotatable bonds is 7. The Kier molecular flexibility index (Phi) is 6.47. The molecular weight excluding hydrogens is 486 g/mol. The first-order valence-corrected chi connectivity index (χ1v) is 11.5. The molecule has 5 rings (SSSR count). The van der Waals surface area contributed by atoms with Crippen molar-refractivity contribution in [2.24, 2.45) is 0 Å². The zero-order valence-electron chi connectivity index (χ0n) is 19.2.